The van der Waals surface area contributed by atoms with Gasteiger partial charge in [-0.05, 0) is 39.3 Å². The SMILES string of the molecule is CC(C)(C)NCc1ccc(S(=O)(=O)N2CCCOCC2)o1. The van der Waals surface area contributed by atoms with Gasteiger partial charge < -0.3 is 14.5 Å². The molecule has 0 spiro atoms. The molecule has 1 aromatic rings. The molecule has 2 rings (SSSR count). The first-order valence-electron chi connectivity index (χ1n) is 7.21. The molecule has 1 aromatic heterocycles. The quantitative estimate of drug-likeness (QED) is 0.913. The van der Waals surface area contributed by atoms with Gasteiger partial charge in [-0.3, -0.25) is 0 Å². The van der Waals surface area contributed by atoms with Gasteiger partial charge in [0, 0.05) is 25.2 Å². The zero-order valence-electron chi connectivity index (χ0n) is 12.9. The van der Waals surface area contributed by atoms with E-state index in [1.54, 1.807) is 6.07 Å². The van der Waals surface area contributed by atoms with Crippen LogP contribution in [0.4, 0.5) is 0 Å². The molecule has 0 saturated carbocycles. The van der Waals surface area contributed by atoms with Crippen molar-refractivity contribution in [3.05, 3.63) is 17.9 Å². The van der Waals surface area contributed by atoms with E-state index in [1.807, 2.05) is 20.8 Å². The summed E-state index contributed by atoms with van der Waals surface area (Å²) in [6, 6.07) is 3.24. The zero-order chi connectivity index (χ0) is 15.5. The lowest BCUT2D eigenvalue weighted by Gasteiger charge is -2.19. The third-order valence-corrected chi connectivity index (χ3v) is 4.98. The summed E-state index contributed by atoms with van der Waals surface area (Å²) >= 11 is 0. The lowest BCUT2D eigenvalue weighted by Crippen LogP contribution is -2.35. The average Bonchev–Trinajstić information content (AvgIpc) is 2.70. The summed E-state index contributed by atoms with van der Waals surface area (Å²) in [5.41, 5.74) is -0.0477. The highest BCUT2D eigenvalue weighted by molar-refractivity contribution is 7.89. The summed E-state index contributed by atoms with van der Waals surface area (Å²) in [4.78, 5) is 0. The Morgan fingerprint density at radius 2 is 2.00 bits per heavy atom. The van der Waals surface area contributed by atoms with Crippen LogP contribution in [0.5, 0.6) is 0 Å². The van der Waals surface area contributed by atoms with Gasteiger partial charge in [-0.15, -0.1) is 0 Å². The summed E-state index contributed by atoms with van der Waals surface area (Å²) < 4.78 is 37.2. The van der Waals surface area contributed by atoms with Gasteiger partial charge in [0.05, 0.1) is 13.2 Å². The average molecular weight is 316 g/mol. The van der Waals surface area contributed by atoms with Gasteiger partial charge in [0.2, 0.25) is 5.09 Å². The summed E-state index contributed by atoms with van der Waals surface area (Å²) in [6.45, 7) is 8.52. The van der Waals surface area contributed by atoms with E-state index in [1.165, 1.54) is 10.4 Å². The van der Waals surface area contributed by atoms with E-state index in [9.17, 15) is 8.42 Å². The maximum Gasteiger partial charge on any atom is 0.276 e. The van der Waals surface area contributed by atoms with E-state index < -0.39 is 10.0 Å². The molecule has 1 fully saturated rings. The molecular formula is C14H24N2O4S. The van der Waals surface area contributed by atoms with Crippen molar-refractivity contribution in [2.75, 3.05) is 26.3 Å². The Bertz CT molecular complexity index is 552. The van der Waals surface area contributed by atoms with Gasteiger partial charge in [-0.1, -0.05) is 0 Å². The zero-order valence-corrected chi connectivity index (χ0v) is 13.7. The van der Waals surface area contributed by atoms with Crippen molar-refractivity contribution in [3.8, 4) is 0 Å². The van der Waals surface area contributed by atoms with Crippen molar-refractivity contribution >= 4 is 10.0 Å². The molecule has 1 saturated heterocycles. The molecule has 21 heavy (non-hydrogen) atoms. The largest absolute Gasteiger partial charge is 0.447 e. The molecule has 1 N–H and O–H groups in total. The van der Waals surface area contributed by atoms with E-state index in [-0.39, 0.29) is 10.6 Å². The second kappa shape index (κ2) is 6.48. The Labute approximate surface area is 126 Å². The van der Waals surface area contributed by atoms with Crippen LogP contribution in [0.15, 0.2) is 21.6 Å². The fourth-order valence-electron chi connectivity index (χ4n) is 2.03. The molecule has 0 unspecified atom stereocenters. The second-order valence-corrected chi connectivity index (χ2v) is 8.06. The summed E-state index contributed by atoms with van der Waals surface area (Å²) in [6.07, 6.45) is 0.707. The minimum absolute atomic E-state index is 0.00936. The molecule has 0 bridgehead atoms. The lowest BCUT2D eigenvalue weighted by molar-refractivity contribution is 0.148. The fourth-order valence-corrected chi connectivity index (χ4v) is 3.43. The first-order chi connectivity index (χ1) is 9.79. The van der Waals surface area contributed by atoms with Crippen molar-refractivity contribution in [1.29, 1.82) is 0 Å². The molecule has 0 atom stereocenters. The van der Waals surface area contributed by atoms with Crippen LogP contribution in [0, 0.1) is 0 Å². The Balaban J connectivity index is 2.08. The van der Waals surface area contributed by atoms with Crippen molar-refractivity contribution in [3.63, 3.8) is 0 Å². The molecule has 7 heteroatoms. The maximum atomic E-state index is 12.5. The molecule has 6 nitrogen and oxygen atoms in total. The topological polar surface area (TPSA) is 71.8 Å². The van der Waals surface area contributed by atoms with Gasteiger partial charge in [0.1, 0.15) is 5.76 Å². The van der Waals surface area contributed by atoms with Crippen molar-refractivity contribution in [2.45, 2.75) is 44.4 Å². The number of sulfonamides is 1. The maximum absolute atomic E-state index is 12.5. The van der Waals surface area contributed by atoms with Gasteiger partial charge >= 0.3 is 0 Å². The fraction of sp³-hybridized carbons (Fsp3) is 0.714. The van der Waals surface area contributed by atoms with Crippen LogP contribution in [0.3, 0.4) is 0 Å². The molecule has 0 aromatic carbocycles. The number of nitrogens with zero attached hydrogens (tertiary/aromatic N) is 1. The monoisotopic (exact) mass is 316 g/mol. The minimum atomic E-state index is -3.56. The third kappa shape index (κ3) is 4.54. The Kier molecular flexibility index (Phi) is 5.08. The normalized spacial score (nSPS) is 18.6. The smallest absolute Gasteiger partial charge is 0.276 e. The number of ether oxygens (including phenoxy) is 1. The summed E-state index contributed by atoms with van der Waals surface area (Å²) in [7, 11) is -3.56. The van der Waals surface area contributed by atoms with Gasteiger partial charge in [0.15, 0.2) is 0 Å². The van der Waals surface area contributed by atoms with E-state index >= 15 is 0 Å². The predicted molar refractivity (Wildman–Crippen MR) is 79.5 cm³/mol. The molecular weight excluding hydrogens is 292 g/mol. The second-order valence-electron chi connectivity index (χ2n) is 6.19. The van der Waals surface area contributed by atoms with E-state index in [0.29, 0.717) is 45.0 Å². The first kappa shape index (κ1) is 16.5. The summed E-state index contributed by atoms with van der Waals surface area (Å²) in [5, 5.41) is 3.28. The highest BCUT2D eigenvalue weighted by Crippen LogP contribution is 2.20. The Hall–Kier alpha value is -0.890. The molecule has 0 aliphatic carbocycles. The highest BCUT2D eigenvalue weighted by atomic mass is 32.2. The van der Waals surface area contributed by atoms with Crippen molar-refractivity contribution < 1.29 is 17.6 Å². The van der Waals surface area contributed by atoms with Crippen LogP contribution in [0.1, 0.15) is 33.0 Å². The van der Waals surface area contributed by atoms with Gasteiger partial charge in [-0.2, -0.15) is 4.31 Å². The number of hydrogen-bond acceptors (Lipinski definition) is 5. The predicted octanol–water partition coefficient (Wildman–Crippen LogP) is 1.58. The van der Waals surface area contributed by atoms with Crippen LogP contribution < -0.4 is 5.32 Å². The molecule has 120 valence electrons. The van der Waals surface area contributed by atoms with Crippen LogP contribution in [-0.2, 0) is 21.3 Å². The lowest BCUT2D eigenvalue weighted by atomic mass is 10.1. The van der Waals surface area contributed by atoms with Crippen LogP contribution in [-0.4, -0.2) is 44.6 Å². The van der Waals surface area contributed by atoms with Crippen LogP contribution in [0.2, 0.25) is 0 Å². The van der Waals surface area contributed by atoms with Crippen LogP contribution >= 0.6 is 0 Å². The number of rotatable bonds is 4. The standard InChI is InChI=1S/C14H24N2O4S/c1-14(2,3)15-11-12-5-6-13(20-12)21(17,18)16-7-4-9-19-10-8-16/h5-6,15H,4,7-11H2,1-3H3. The van der Waals surface area contributed by atoms with Gasteiger partial charge in [0.25, 0.3) is 10.0 Å². The van der Waals surface area contributed by atoms with E-state index in [2.05, 4.69) is 5.32 Å². The Morgan fingerprint density at radius 1 is 1.24 bits per heavy atom. The third-order valence-electron chi connectivity index (χ3n) is 3.21. The minimum Gasteiger partial charge on any atom is -0.447 e. The molecule has 1 aliphatic heterocycles. The summed E-state index contributed by atoms with van der Waals surface area (Å²) in [5.74, 6) is 0.620. The van der Waals surface area contributed by atoms with Crippen molar-refractivity contribution in [2.24, 2.45) is 0 Å². The number of nitrogens with one attached hydrogen (secondary N) is 1. The molecule has 0 radical (unpaired) electrons. The van der Waals surface area contributed by atoms with E-state index in [4.69, 9.17) is 9.15 Å². The molecule has 2 heterocycles. The molecule has 1 aliphatic rings. The highest BCUT2D eigenvalue weighted by Gasteiger charge is 2.28. The Morgan fingerprint density at radius 3 is 2.71 bits per heavy atom. The first-order valence-corrected chi connectivity index (χ1v) is 8.65. The number of hydrogen-bond donors (Lipinski definition) is 1. The van der Waals surface area contributed by atoms with Crippen LogP contribution in [0.25, 0.3) is 0 Å². The van der Waals surface area contributed by atoms with Gasteiger partial charge in [-0.25, -0.2) is 8.42 Å². The molecule has 0 amide bonds. The van der Waals surface area contributed by atoms with Crippen molar-refractivity contribution in [1.82, 2.24) is 9.62 Å². The number of furan rings is 1. The van der Waals surface area contributed by atoms with E-state index in [0.717, 1.165) is 0 Å².